The van der Waals surface area contributed by atoms with E-state index in [0.717, 1.165) is 11.3 Å². The Hall–Kier alpha value is -3.29. The van der Waals surface area contributed by atoms with E-state index in [1.54, 1.807) is 30.3 Å². The van der Waals surface area contributed by atoms with E-state index >= 15 is 0 Å². The standard InChI is InChI=1S/C21H15ClN2O2/c22-20-12-17(11-10-15(20)13-23)24-21(25)19-9-5-4-6-16(19)14-26-18-7-2-1-3-8-18/h1-12H,14H2,(H,24,25). The van der Waals surface area contributed by atoms with E-state index in [2.05, 4.69) is 5.32 Å². The van der Waals surface area contributed by atoms with Crippen molar-refractivity contribution in [2.75, 3.05) is 5.32 Å². The number of para-hydroxylation sites is 1. The van der Waals surface area contributed by atoms with Crippen LogP contribution in [0.25, 0.3) is 0 Å². The normalized spacial score (nSPS) is 10.0. The molecular weight excluding hydrogens is 348 g/mol. The second kappa shape index (κ2) is 8.19. The van der Waals surface area contributed by atoms with Gasteiger partial charge in [-0.2, -0.15) is 5.26 Å². The van der Waals surface area contributed by atoms with Crippen LogP contribution in [0.3, 0.4) is 0 Å². The fraction of sp³-hybridized carbons (Fsp3) is 0.0476. The highest BCUT2D eigenvalue weighted by Crippen LogP contribution is 2.21. The first kappa shape index (κ1) is 17.5. The van der Waals surface area contributed by atoms with Gasteiger partial charge in [0.1, 0.15) is 18.4 Å². The number of nitriles is 1. The van der Waals surface area contributed by atoms with E-state index in [4.69, 9.17) is 21.6 Å². The minimum Gasteiger partial charge on any atom is -0.489 e. The number of amides is 1. The van der Waals surface area contributed by atoms with E-state index in [-0.39, 0.29) is 12.5 Å². The van der Waals surface area contributed by atoms with Crippen molar-refractivity contribution in [3.63, 3.8) is 0 Å². The van der Waals surface area contributed by atoms with E-state index in [0.29, 0.717) is 21.8 Å². The van der Waals surface area contributed by atoms with Crippen LogP contribution in [0.15, 0.2) is 72.8 Å². The second-order valence-corrected chi connectivity index (χ2v) is 5.93. The number of rotatable bonds is 5. The number of ether oxygens (including phenoxy) is 1. The number of hydrogen-bond donors (Lipinski definition) is 1. The first-order chi connectivity index (χ1) is 12.7. The van der Waals surface area contributed by atoms with Crippen LogP contribution in [-0.2, 0) is 6.61 Å². The number of anilines is 1. The van der Waals surface area contributed by atoms with Crippen molar-refractivity contribution in [3.05, 3.63) is 94.5 Å². The highest BCUT2D eigenvalue weighted by Gasteiger charge is 2.12. The molecule has 1 amide bonds. The Balaban J connectivity index is 1.75. The monoisotopic (exact) mass is 362 g/mol. The summed E-state index contributed by atoms with van der Waals surface area (Å²) in [6.45, 7) is 0.279. The quantitative estimate of drug-likeness (QED) is 0.691. The highest BCUT2D eigenvalue weighted by molar-refractivity contribution is 6.32. The maximum atomic E-state index is 12.6. The molecule has 0 unspecified atom stereocenters. The maximum absolute atomic E-state index is 12.6. The number of nitrogens with one attached hydrogen (secondary N) is 1. The van der Waals surface area contributed by atoms with Crippen LogP contribution in [0, 0.1) is 11.3 Å². The zero-order valence-electron chi connectivity index (χ0n) is 13.8. The van der Waals surface area contributed by atoms with Crippen molar-refractivity contribution in [3.8, 4) is 11.8 Å². The lowest BCUT2D eigenvalue weighted by Gasteiger charge is -2.12. The third-order valence-corrected chi connectivity index (χ3v) is 4.06. The minimum atomic E-state index is -0.266. The van der Waals surface area contributed by atoms with Gasteiger partial charge in [0.15, 0.2) is 0 Å². The summed E-state index contributed by atoms with van der Waals surface area (Å²) in [5.41, 5.74) is 2.18. The maximum Gasteiger partial charge on any atom is 0.256 e. The Labute approximate surface area is 156 Å². The van der Waals surface area contributed by atoms with Gasteiger partial charge in [0.05, 0.1) is 10.6 Å². The molecule has 0 aliphatic carbocycles. The van der Waals surface area contributed by atoms with Gasteiger partial charge in [-0.25, -0.2) is 0 Å². The Bertz CT molecular complexity index is 965. The molecule has 0 radical (unpaired) electrons. The van der Waals surface area contributed by atoms with E-state index in [1.807, 2.05) is 48.5 Å². The summed E-state index contributed by atoms with van der Waals surface area (Å²) in [6.07, 6.45) is 0. The fourth-order valence-corrected chi connectivity index (χ4v) is 2.65. The molecule has 0 saturated carbocycles. The smallest absolute Gasteiger partial charge is 0.256 e. The van der Waals surface area contributed by atoms with Crippen molar-refractivity contribution < 1.29 is 9.53 Å². The van der Waals surface area contributed by atoms with Crippen LogP contribution >= 0.6 is 11.6 Å². The molecule has 0 bridgehead atoms. The molecule has 0 aliphatic rings. The summed E-state index contributed by atoms with van der Waals surface area (Å²) in [6, 6.07) is 23.4. The van der Waals surface area contributed by atoms with Crippen molar-refractivity contribution >= 4 is 23.2 Å². The lowest BCUT2D eigenvalue weighted by molar-refractivity contribution is 0.102. The highest BCUT2D eigenvalue weighted by atomic mass is 35.5. The lowest BCUT2D eigenvalue weighted by Crippen LogP contribution is -2.15. The van der Waals surface area contributed by atoms with Gasteiger partial charge in [-0.3, -0.25) is 4.79 Å². The number of halogens is 1. The van der Waals surface area contributed by atoms with Crippen molar-refractivity contribution in [2.45, 2.75) is 6.61 Å². The van der Waals surface area contributed by atoms with Gasteiger partial charge >= 0.3 is 0 Å². The summed E-state index contributed by atoms with van der Waals surface area (Å²) in [4.78, 5) is 12.6. The van der Waals surface area contributed by atoms with Gasteiger partial charge < -0.3 is 10.1 Å². The van der Waals surface area contributed by atoms with Gasteiger partial charge in [0.25, 0.3) is 5.91 Å². The average Bonchev–Trinajstić information content (AvgIpc) is 2.67. The molecule has 3 rings (SSSR count). The van der Waals surface area contributed by atoms with Crippen LogP contribution in [0.1, 0.15) is 21.5 Å². The molecular formula is C21H15ClN2O2. The largest absolute Gasteiger partial charge is 0.489 e. The molecule has 128 valence electrons. The second-order valence-electron chi connectivity index (χ2n) is 5.52. The molecule has 0 aliphatic heterocycles. The summed E-state index contributed by atoms with van der Waals surface area (Å²) in [5, 5.41) is 12.0. The van der Waals surface area contributed by atoms with Gasteiger partial charge in [-0.15, -0.1) is 0 Å². The zero-order valence-corrected chi connectivity index (χ0v) is 14.5. The van der Waals surface area contributed by atoms with E-state index < -0.39 is 0 Å². The zero-order chi connectivity index (χ0) is 18.4. The van der Waals surface area contributed by atoms with Gasteiger partial charge in [0.2, 0.25) is 0 Å². The third-order valence-electron chi connectivity index (χ3n) is 3.75. The van der Waals surface area contributed by atoms with Crippen LogP contribution in [0.2, 0.25) is 5.02 Å². The predicted molar refractivity (Wildman–Crippen MR) is 101 cm³/mol. The SMILES string of the molecule is N#Cc1ccc(NC(=O)c2ccccc2COc2ccccc2)cc1Cl. The molecule has 0 spiro atoms. The molecule has 0 aromatic heterocycles. The van der Waals surface area contributed by atoms with Crippen LogP contribution in [0.5, 0.6) is 5.75 Å². The van der Waals surface area contributed by atoms with Gasteiger partial charge in [0, 0.05) is 16.8 Å². The van der Waals surface area contributed by atoms with Gasteiger partial charge in [-0.1, -0.05) is 48.0 Å². The average molecular weight is 363 g/mol. The molecule has 0 heterocycles. The first-order valence-electron chi connectivity index (χ1n) is 7.94. The molecule has 0 saturated heterocycles. The first-order valence-corrected chi connectivity index (χ1v) is 8.32. The van der Waals surface area contributed by atoms with Crippen molar-refractivity contribution in [1.82, 2.24) is 0 Å². The topological polar surface area (TPSA) is 62.1 Å². The Morgan fingerprint density at radius 3 is 2.50 bits per heavy atom. The number of nitrogens with zero attached hydrogens (tertiary/aromatic N) is 1. The molecule has 26 heavy (non-hydrogen) atoms. The summed E-state index contributed by atoms with van der Waals surface area (Å²) < 4.78 is 5.75. The van der Waals surface area contributed by atoms with Crippen molar-refractivity contribution in [2.24, 2.45) is 0 Å². The molecule has 0 atom stereocenters. The number of hydrogen-bond acceptors (Lipinski definition) is 3. The third kappa shape index (κ3) is 4.21. The molecule has 3 aromatic carbocycles. The van der Waals surface area contributed by atoms with Crippen LogP contribution < -0.4 is 10.1 Å². The number of carbonyl (C=O) groups excluding carboxylic acids is 1. The molecule has 4 nitrogen and oxygen atoms in total. The van der Waals surface area contributed by atoms with Gasteiger partial charge in [-0.05, 0) is 36.4 Å². The number of benzene rings is 3. The minimum absolute atomic E-state index is 0.266. The van der Waals surface area contributed by atoms with Crippen molar-refractivity contribution in [1.29, 1.82) is 5.26 Å². The predicted octanol–water partition coefficient (Wildman–Crippen LogP) is 5.04. The van der Waals surface area contributed by atoms with E-state index in [1.165, 1.54) is 0 Å². The summed E-state index contributed by atoms with van der Waals surface area (Å²) in [7, 11) is 0. The van der Waals surface area contributed by atoms with Crippen LogP contribution in [-0.4, -0.2) is 5.91 Å². The molecule has 5 heteroatoms. The summed E-state index contributed by atoms with van der Waals surface area (Å²) in [5.74, 6) is 0.472. The Morgan fingerprint density at radius 1 is 1.04 bits per heavy atom. The fourth-order valence-electron chi connectivity index (χ4n) is 2.43. The van der Waals surface area contributed by atoms with E-state index in [9.17, 15) is 4.79 Å². The number of carbonyl (C=O) groups is 1. The Morgan fingerprint density at radius 2 is 1.77 bits per heavy atom. The van der Waals surface area contributed by atoms with Crippen LogP contribution in [0.4, 0.5) is 5.69 Å². The summed E-state index contributed by atoms with van der Waals surface area (Å²) >= 11 is 6.01. The lowest BCUT2D eigenvalue weighted by atomic mass is 10.1. The Kier molecular flexibility index (Phi) is 5.52. The molecule has 1 N–H and O–H groups in total. The molecule has 3 aromatic rings. The molecule has 0 fully saturated rings.